The van der Waals surface area contributed by atoms with E-state index in [9.17, 15) is 8.42 Å². The molecule has 21 heavy (non-hydrogen) atoms. The van der Waals surface area contributed by atoms with Crippen LogP contribution in [0.25, 0.3) is 11.1 Å². The Hall–Kier alpha value is -1.18. The Kier molecular flexibility index (Phi) is 5.55. The molecule has 0 saturated carbocycles. The summed E-state index contributed by atoms with van der Waals surface area (Å²) < 4.78 is 25.1. The minimum Gasteiger partial charge on any atom is -0.255 e. The molecule has 8 heteroatoms. The Morgan fingerprint density at radius 3 is 2.48 bits per heavy atom. The van der Waals surface area contributed by atoms with Crippen LogP contribution in [0.3, 0.4) is 0 Å². The highest BCUT2D eigenvalue weighted by atomic mass is 79.9. The quantitative estimate of drug-likeness (QED) is 0.628. The third-order valence-corrected chi connectivity index (χ3v) is 4.39. The summed E-state index contributed by atoms with van der Waals surface area (Å²) in [6, 6.07) is 7.37. The highest BCUT2D eigenvalue weighted by Crippen LogP contribution is 2.34. The maximum atomic E-state index is 11.5. The van der Waals surface area contributed by atoms with Crippen molar-refractivity contribution in [3.8, 4) is 11.1 Å². The smallest absolute Gasteiger partial charge is 0.226 e. The molecule has 1 heterocycles. The van der Waals surface area contributed by atoms with Gasteiger partial charge in [0.25, 0.3) is 0 Å². The highest BCUT2D eigenvalue weighted by Gasteiger charge is 2.19. The molecule has 0 radical (unpaired) electrons. The van der Waals surface area contributed by atoms with Gasteiger partial charge < -0.3 is 0 Å². The van der Waals surface area contributed by atoms with Crippen LogP contribution in [-0.4, -0.2) is 24.9 Å². The summed E-state index contributed by atoms with van der Waals surface area (Å²) >= 11 is 9.53. The predicted molar refractivity (Wildman–Crippen MR) is 88.1 cm³/mol. The normalized spacial score (nSPS) is 10.9. The van der Waals surface area contributed by atoms with Crippen LogP contribution in [0.15, 0.2) is 35.1 Å². The average molecular weight is 391 g/mol. The van der Waals surface area contributed by atoms with Gasteiger partial charge in [0, 0.05) is 11.0 Å². The second kappa shape index (κ2) is 7.20. The standard InChI is InChI=1S/C13H13BrClN3O2S/c1-2-7-18(21(19)20)13-11(12(15)16-8-17-13)9-3-5-10(14)6-4-9/h3-6,8,21H,2,7H2,1H3. The largest absolute Gasteiger partial charge is 0.255 e. The van der Waals surface area contributed by atoms with Gasteiger partial charge in [-0.3, -0.25) is 4.31 Å². The molecule has 0 aliphatic rings. The minimum absolute atomic E-state index is 0.222. The van der Waals surface area contributed by atoms with Crippen LogP contribution < -0.4 is 4.31 Å². The van der Waals surface area contributed by atoms with Crippen LogP contribution in [0.2, 0.25) is 5.15 Å². The molecule has 5 nitrogen and oxygen atoms in total. The molecule has 0 aliphatic carbocycles. The fourth-order valence-corrected chi connectivity index (χ4v) is 3.06. The molecule has 0 saturated heterocycles. The van der Waals surface area contributed by atoms with Crippen molar-refractivity contribution in [2.45, 2.75) is 13.3 Å². The lowest BCUT2D eigenvalue weighted by Gasteiger charge is -2.19. The number of anilines is 1. The summed E-state index contributed by atoms with van der Waals surface area (Å²) in [7, 11) is -2.80. The first-order chi connectivity index (χ1) is 10.0. The maximum absolute atomic E-state index is 11.5. The molecule has 1 aromatic carbocycles. The molecule has 0 bridgehead atoms. The van der Waals surface area contributed by atoms with Crippen LogP contribution in [0.5, 0.6) is 0 Å². The van der Waals surface area contributed by atoms with Gasteiger partial charge in [0.2, 0.25) is 10.9 Å². The third kappa shape index (κ3) is 3.72. The fourth-order valence-electron chi connectivity index (χ4n) is 1.89. The van der Waals surface area contributed by atoms with E-state index < -0.39 is 10.9 Å². The zero-order valence-electron chi connectivity index (χ0n) is 11.2. The van der Waals surface area contributed by atoms with E-state index in [1.807, 2.05) is 31.2 Å². The molecule has 0 spiro atoms. The van der Waals surface area contributed by atoms with Crippen LogP contribution in [0, 0.1) is 0 Å². The van der Waals surface area contributed by atoms with E-state index in [1.54, 1.807) is 0 Å². The molecule has 2 aromatic rings. The Bertz CT molecular complexity index is 699. The van der Waals surface area contributed by atoms with Crippen LogP contribution >= 0.6 is 27.5 Å². The topological polar surface area (TPSA) is 63.2 Å². The van der Waals surface area contributed by atoms with E-state index in [4.69, 9.17) is 11.6 Å². The van der Waals surface area contributed by atoms with Crippen LogP contribution in [0.4, 0.5) is 5.82 Å². The molecule has 1 aromatic heterocycles. The molecule has 0 unspecified atom stereocenters. The van der Waals surface area contributed by atoms with Crippen molar-refractivity contribution in [2.75, 3.05) is 10.8 Å². The molecule has 2 rings (SSSR count). The highest BCUT2D eigenvalue weighted by molar-refractivity contribution is 9.10. The minimum atomic E-state index is -2.80. The molecule has 112 valence electrons. The van der Waals surface area contributed by atoms with Gasteiger partial charge in [-0.25, -0.2) is 18.4 Å². The predicted octanol–water partition coefficient (Wildman–Crippen LogP) is 3.30. The monoisotopic (exact) mass is 389 g/mol. The van der Waals surface area contributed by atoms with E-state index in [2.05, 4.69) is 25.9 Å². The Morgan fingerprint density at radius 1 is 1.24 bits per heavy atom. The first kappa shape index (κ1) is 16.2. The zero-order valence-corrected chi connectivity index (χ0v) is 14.4. The first-order valence-electron chi connectivity index (χ1n) is 6.23. The van der Waals surface area contributed by atoms with Gasteiger partial charge in [-0.15, -0.1) is 0 Å². The van der Waals surface area contributed by atoms with Gasteiger partial charge in [-0.1, -0.05) is 46.6 Å². The van der Waals surface area contributed by atoms with E-state index >= 15 is 0 Å². The lowest BCUT2D eigenvalue weighted by Crippen LogP contribution is -2.24. The van der Waals surface area contributed by atoms with E-state index in [0.29, 0.717) is 24.3 Å². The fraction of sp³-hybridized carbons (Fsp3) is 0.231. The van der Waals surface area contributed by atoms with Crippen molar-refractivity contribution in [2.24, 2.45) is 0 Å². The number of hydrogen-bond acceptors (Lipinski definition) is 4. The summed E-state index contributed by atoms with van der Waals surface area (Å²) in [6.07, 6.45) is 1.94. The average Bonchev–Trinajstić information content (AvgIpc) is 2.45. The number of halogens is 2. The summed E-state index contributed by atoms with van der Waals surface area (Å²) in [5, 5.41) is 0.222. The number of rotatable bonds is 5. The first-order valence-corrected chi connectivity index (χ1v) is 8.53. The number of aromatic nitrogens is 2. The van der Waals surface area contributed by atoms with Crippen molar-refractivity contribution >= 4 is 44.2 Å². The van der Waals surface area contributed by atoms with E-state index in [1.165, 1.54) is 10.6 Å². The SMILES string of the molecule is CCCN(c1ncnc(Cl)c1-c1ccc(Br)cc1)[SH](=O)=O. The van der Waals surface area contributed by atoms with Gasteiger partial charge in [-0.2, -0.15) is 0 Å². The molecule has 0 fully saturated rings. The molecule has 0 N–H and O–H groups in total. The zero-order chi connectivity index (χ0) is 15.4. The lowest BCUT2D eigenvalue weighted by molar-refractivity contribution is 0.608. The number of hydrogen-bond donors (Lipinski definition) is 1. The lowest BCUT2D eigenvalue weighted by atomic mass is 10.1. The molecular weight excluding hydrogens is 378 g/mol. The number of benzene rings is 1. The molecular formula is C13H13BrClN3O2S. The van der Waals surface area contributed by atoms with Crippen molar-refractivity contribution in [3.05, 3.63) is 40.2 Å². The van der Waals surface area contributed by atoms with Crippen molar-refractivity contribution in [1.29, 1.82) is 0 Å². The Morgan fingerprint density at radius 2 is 1.90 bits per heavy atom. The summed E-state index contributed by atoms with van der Waals surface area (Å²) in [5.41, 5.74) is 1.27. The summed E-state index contributed by atoms with van der Waals surface area (Å²) in [5.74, 6) is 0.301. The van der Waals surface area contributed by atoms with Crippen molar-refractivity contribution < 1.29 is 8.42 Å². The van der Waals surface area contributed by atoms with Crippen LogP contribution in [-0.2, 0) is 10.9 Å². The Labute approximate surface area is 138 Å². The molecule has 0 aliphatic heterocycles. The van der Waals surface area contributed by atoms with E-state index in [-0.39, 0.29) is 5.15 Å². The summed E-state index contributed by atoms with van der Waals surface area (Å²) in [6.45, 7) is 2.24. The number of thiol groups is 1. The Balaban J connectivity index is 2.62. The second-order valence-electron chi connectivity index (χ2n) is 4.23. The van der Waals surface area contributed by atoms with Gasteiger partial charge in [-0.05, 0) is 24.1 Å². The van der Waals surface area contributed by atoms with Gasteiger partial charge in [0.1, 0.15) is 11.5 Å². The van der Waals surface area contributed by atoms with Gasteiger partial charge in [0.15, 0.2) is 5.82 Å². The molecule has 0 amide bonds. The maximum Gasteiger partial charge on any atom is 0.226 e. The molecule has 0 atom stereocenters. The van der Waals surface area contributed by atoms with Crippen molar-refractivity contribution in [1.82, 2.24) is 9.97 Å². The van der Waals surface area contributed by atoms with Crippen LogP contribution in [0.1, 0.15) is 13.3 Å². The second-order valence-corrected chi connectivity index (χ2v) is 6.46. The third-order valence-electron chi connectivity index (χ3n) is 2.79. The van der Waals surface area contributed by atoms with E-state index in [0.717, 1.165) is 10.0 Å². The number of nitrogens with zero attached hydrogens (tertiary/aromatic N) is 3. The summed E-state index contributed by atoms with van der Waals surface area (Å²) in [4.78, 5) is 8.07. The van der Waals surface area contributed by atoms with Gasteiger partial charge in [0.05, 0.1) is 5.56 Å². The van der Waals surface area contributed by atoms with Crippen molar-refractivity contribution in [3.63, 3.8) is 0 Å². The van der Waals surface area contributed by atoms with Gasteiger partial charge >= 0.3 is 0 Å².